The van der Waals surface area contributed by atoms with E-state index in [1.165, 1.54) is 12.1 Å². The summed E-state index contributed by atoms with van der Waals surface area (Å²) in [5.41, 5.74) is -0.380. The number of benzene rings is 1. The van der Waals surface area contributed by atoms with E-state index in [1.807, 2.05) is 19.1 Å². The Morgan fingerprint density at radius 3 is 2.57 bits per heavy atom. The van der Waals surface area contributed by atoms with Crippen molar-refractivity contribution in [3.8, 4) is 0 Å². The lowest BCUT2D eigenvalue weighted by atomic mass is 9.98. The molecule has 1 unspecified atom stereocenters. The van der Waals surface area contributed by atoms with Gasteiger partial charge < -0.3 is 4.90 Å². The Bertz CT molecular complexity index is 590. The Morgan fingerprint density at radius 2 is 2.00 bits per heavy atom. The number of hydrogen-bond acceptors (Lipinski definition) is 1. The molecule has 1 aromatic rings. The third-order valence-corrected chi connectivity index (χ3v) is 4.00. The van der Waals surface area contributed by atoms with Crippen molar-refractivity contribution in [2.75, 3.05) is 0 Å². The van der Waals surface area contributed by atoms with Crippen molar-refractivity contribution in [1.82, 2.24) is 4.90 Å². The third kappa shape index (κ3) is 3.10. The fourth-order valence-corrected chi connectivity index (χ4v) is 2.94. The maximum absolute atomic E-state index is 14.4. The van der Waals surface area contributed by atoms with Gasteiger partial charge in [0.2, 0.25) is 0 Å². The summed E-state index contributed by atoms with van der Waals surface area (Å²) in [7, 11) is 0. The number of rotatable bonds is 3. The van der Waals surface area contributed by atoms with Crippen molar-refractivity contribution < 1.29 is 13.2 Å². The molecule has 1 heterocycles. The van der Waals surface area contributed by atoms with Gasteiger partial charge in [-0.25, -0.2) is 13.2 Å². The van der Waals surface area contributed by atoms with Gasteiger partial charge in [-0.3, -0.25) is 0 Å². The minimum absolute atomic E-state index is 0.0392. The minimum Gasteiger partial charge on any atom is -0.349 e. The maximum atomic E-state index is 14.4. The van der Waals surface area contributed by atoms with Crippen molar-refractivity contribution >= 4 is 11.6 Å². The van der Waals surface area contributed by atoms with E-state index in [-0.39, 0.29) is 11.6 Å². The van der Waals surface area contributed by atoms with Gasteiger partial charge in [0.1, 0.15) is 11.0 Å². The first-order chi connectivity index (χ1) is 9.73. The largest absolute Gasteiger partial charge is 0.349 e. The quantitative estimate of drug-likeness (QED) is 0.681. The molecule has 0 fully saturated rings. The highest BCUT2D eigenvalue weighted by molar-refractivity contribution is 6.29. The van der Waals surface area contributed by atoms with Crippen molar-refractivity contribution in [3.05, 3.63) is 58.5 Å². The summed E-state index contributed by atoms with van der Waals surface area (Å²) in [5, 5.41) is 0.463. The maximum Gasteiger partial charge on any atom is 0.273 e. The first kappa shape index (κ1) is 16.0. The predicted molar refractivity (Wildman–Crippen MR) is 78.8 cm³/mol. The summed E-state index contributed by atoms with van der Waals surface area (Å²) in [6.07, 6.45) is 5.44. The van der Waals surface area contributed by atoms with Crippen LogP contribution in [0.5, 0.6) is 0 Å². The zero-order valence-corrected chi connectivity index (χ0v) is 12.8. The molecule has 0 spiro atoms. The molecule has 2 rings (SSSR count). The second-order valence-electron chi connectivity index (χ2n) is 5.30. The number of allylic oxidation sites excluding steroid dienone is 2. The first-order valence-corrected chi connectivity index (χ1v) is 7.10. The number of alkyl halides is 2. The molecule has 5 heteroatoms. The molecule has 0 N–H and O–H groups in total. The SMILES string of the molecule is CC(c1cccc(C(C)(F)F)c1F)N1C(Cl)=CC=C[C@H]1C. The van der Waals surface area contributed by atoms with Crippen LogP contribution >= 0.6 is 11.6 Å². The van der Waals surface area contributed by atoms with Gasteiger partial charge in [-0.1, -0.05) is 42.0 Å². The third-order valence-electron chi connectivity index (χ3n) is 3.68. The van der Waals surface area contributed by atoms with Gasteiger partial charge >= 0.3 is 0 Å². The fraction of sp³-hybridized carbons (Fsp3) is 0.375. The molecule has 0 saturated carbocycles. The molecule has 0 aliphatic carbocycles. The molecule has 1 aliphatic heterocycles. The van der Waals surface area contributed by atoms with E-state index in [4.69, 9.17) is 11.6 Å². The van der Waals surface area contributed by atoms with Gasteiger partial charge in [-0.15, -0.1) is 0 Å². The second kappa shape index (κ2) is 5.76. The van der Waals surface area contributed by atoms with Crippen LogP contribution in [0.4, 0.5) is 13.2 Å². The van der Waals surface area contributed by atoms with E-state index in [0.717, 1.165) is 6.07 Å². The van der Waals surface area contributed by atoms with E-state index in [9.17, 15) is 13.2 Å². The van der Waals surface area contributed by atoms with E-state index < -0.39 is 23.3 Å². The Hall–Kier alpha value is -1.42. The molecule has 2 atom stereocenters. The summed E-state index contributed by atoms with van der Waals surface area (Å²) in [4.78, 5) is 1.79. The molecule has 0 radical (unpaired) electrons. The molecule has 0 bridgehead atoms. The minimum atomic E-state index is -3.22. The summed E-state index contributed by atoms with van der Waals surface area (Å²) < 4.78 is 41.3. The fourth-order valence-electron chi connectivity index (χ4n) is 2.57. The Morgan fingerprint density at radius 1 is 1.33 bits per heavy atom. The number of halogens is 4. The molecular weight excluding hydrogens is 299 g/mol. The molecule has 0 aromatic heterocycles. The lowest BCUT2D eigenvalue weighted by Gasteiger charge is -2.36. The van der Waals surface area contributed by atoms with Crippen LogP contribution in [-0.4, -0.2) is 10.9 Å². The van der Waals surface area contributed by atoms with E-state index in [0.29, 0.717) is 12.1 Å². The molecular formula is C16H17ClF3N. The molecule has 21 heavy (non-hydrogen) atoms. The Labute approximate surface area is 127 Å². The monoisotopic (exact) mass is 315 g/mol. The van der Waals surface area contributed by atoms with Crippen LogP contribution < -0.4 is 0 Å². The van der Waals surface area contributed by atoms with Crippen molar-refractivity contribution in [2.45, 2.75) is 38.8 Å². The van der Waals surface area contributed by atoms with Crippen LogP contribution in [0.25, 0.3) is 0 Å². The molecule has 1 nitrogen and oxygen atoms in total. The highest BCUT2D eigenvalue weighted by Crippen LogP contribution is 2.36. The lowest BCUT2D eigenvalue weighted by molar-refractivity contribution is 0.0134. The van der Waals surface area contributed by atoms with E-state index in [2.05, 4.69) is 0 Å². The highest BCUT2D eigenvalue weighted by atomic mass is 35.5. The van der Waals surface area contributed by atoms with Crippen LogP contribution in [0.15, 0.2) is 41.6 Å². The van der Waals surface area contributed by atoms with Gasteiger partial charge in [0.05, 0.1) is 11.6 Å². The van der Waals surface area contributed by atoms with Crippen LogP contribution in [-0.2, 0) is 5.92 Å². The lowest BCUT2D eigenvalue weighted by Crippen LogP contribution is -2.34. The molecule has 0 saturated heterocycles. The molecule has 114 valence electrons. The predicted octanol–water partition coefficient (Wildman–Crippen LogP) is 5.34. The molecule has 1 aliphatic rings. The Kier molecular flexibility index (Phi) is 4.38. The van der Waals surface area contributed by atoms with Crippen LogP contribution in [0.1, 0.15) is 37.9 Å². The van der Waals surface area contributed by atoms with Crippen LogP contribution in [0, 0.1) is 5.82 Å². The van der Waals surface area contributed by atoms with Gasteiger partial charge in [0.25, 0.3) is 5.92 Å². The average Bonchev–Trinajstić information content (AvgIpc) is 2.37. The summed E-state index contributed by atoms with van der Waals surface area (Å²) >= 11 is 6.17. The van der Waals surface area contributed by atoms with E-state index >= 15 is 0 Å². The van der Waals surface area contributed by atoms with Gasteiger partial charge in [0, 0.05) is 18.5 Å². The highest BCUT2D eigenvalue weighted by Gasteiger charge is 2.32. The summed E-state index contributed by atoms with van der Waals surface area (Å²) in [6, 6.07) is 3.59. The smallest absolute Gasteiger partial charge is 0.273 e. The van der Waals surface area contributed by atoms with Crippen LogP contribution in [0.2, 0.25) is 0 Å². The summed E-state index contributed by atoms with van der Waals surface area (Å²) in [5.74, 6) is -4.09. The Balaban J connectivity index is 2.43. The summed E-state index contributed by atoms with van der Waals surface area (Å²) in [6.45, 7) is 4.36. The first-order valence-electron chi connectivity index (χ1n) is 6.72. The van der Waals surface area contributed by atoms with Crippen molar-refractivity contribution in [3.63, 3.8) is 0 Å². The normalized spacial score (nSPS) is 20.4. The van der Waals surface area contributed by atoms with Crippen molar-refractivity contribution in [2.24, 2.45) is 0 Å². The zero-order valence-electron chi connectivity index (χ0n) is 12.1. The van der Waals surface area contributed by atoms with Crippen LogP contribution in [0.3, 0.4) is 0 Å². The van der Waals surface area contributed by atoms with Gasteiger partial charge in [0.15, 0.2) is 0 Å². The molecule has 0 amide bonds. The average molecular weight is 316 g/mol. The number of nitrogens with zero attached hydrogens (tertiary/aromatic N) is 1. The standard InChI is InChI=1S/C16H17ClF3N/c1-10-6-4-9-14(17)21(10)11(2)12-7-5-8-13(15(12)18)16(3,19)20/h4-11H,1-3H3/t10-,11?/m1/s1. The molecule has 1 aromatic carbocycles. The number of hydrogen-bond donors (Lipinski definition) is 0. The topological polar surface area (TPSA) is 3.24 Å². The van der Waals surface area contributed by atoms with E-state index in [1.54, 1.807) is 17.9 Å². The van der Waals surface area contributed by atoms with Crippen molar-refractivity contribution in [1.29, 1.82) is 0 Å². The second-order valence-corrected chi connectivity index (χ2v) is 5.68. The van der Waals surface area contributed by atoms with Gasteiger partial charge in [-0.2, -0.15) is 0 Å². The van der Waals surface area contributed by atoms with Gasteiger partial charge in [-0.05, 0) is 19.9 Å². The zero-order chi connectivity index (χ0) is 15.8.